The summed E-state index contributed by atoms with van der Waals surface area (Å²) in [4.78, 5) is 20.4. The van der Waals surface area contributed by atoms with Crippen molar-refractivity contribution in [2.45, 2.75) is 0 Å². The van der Waals surface area contributed by atoms with E-state index in [0.29, 0.717) is 17.5 Å². The molecule has 0 radical (unpaired) electrons. The Labute approximate surface area is 283 Å². The second-order valence-corrected chi connectivity index (χ2v) is 15.1. The van der Waals surface area contributed by atoms with Crippen molar-refractivity contribution in [2.75, 3.05) is 0 Å². The Balaban J connectivity index is 1.18. The molecule has 1 aliphatic rings. The van der Waals surface area contributed by atoms with Crippen molar-refractivity contribution in [1.29, 1.82) is 0 Å². The van der Waals surface area contributed by atoms with Crippen LogP contribution in [0.3, 0.4) is 0 Å². The molecule has 8 aromatic rings. The van der Waals surface area contributed by atoms with Crippen molar-refractivity contribution in [3.05, 3.63) is 137 Å². The van der Waals surface area contributed by atoms with E-state index in [1.807, 2.05) is 24.5 Å². The second-order valence-electron chi connectivity index (χ2n) is 11.0. The summed E-state index contributed by atoms with van der Waals surface area (Å²) in [5.41, 5.74) is 6.59. The van der Waals surface area contributed by atoms with Gasteiger partial charge in [-0.05, 0) is 82.9 Å². The molecule has 0 unspecified atom stereocenters. The summed E-state index contributed by atoms with van der Waals surface area (Å²) in [5, 5.41) is 7.22. The van der Waals surface area contributed by atoms with Crippen LogP contribution in [0.25, 0.3) is 81.1 Å². The van der Waals surface area contributed by atoms with E-state index in [9.17, 15) is 0 Å². The Morgan fingerprint density at radius 1 is 0.543 bits per heavy atom. The molecule has 0 atom stereocenters. The molecule has 218 valence electrons. The Kier molecular flexibility index (Phi) is 6.95. The van der Waals surface area contributed by atoms with Crippen molar-refractivity contribution < 1.29 is 0 Å². The smallest absolute Gasteiger partial charge is 0.174 e. The molecule has 0 amide bonds. The van der Waals surface area contributed by atoms with Gasteiger partial charge in [0, 0.05) is 43.7 Å². The third kappa shape index (κ3) is 5.01. The van der Waals surface area contributed by atoms with Gasteiger partial charge in [0.15, 0.2) is 17.5 Å². The van der Waals surface area contributed by atoms with Gasteiger partial charge in [0.1, 0.15) is 0 Å². The fourth-order valence-electron chi connectivity index (χ4n) is 5.85. The third-order valence-corrected chi connectivity index (χ3v) is 11.9. The first kappa shape index (κ1) is 27.6. The maximum atomic E-state index is 5.08. The van der Waals surface area contributed by atoms with E-state index in [1.54, 1.807) is 22.7 Å². The SMILES string of the molecule is C1=CC(c2ccc(-c3nc(-c4ccc(-c5ccncc5)cc4)nc(-c4cc5ccc6c(ccc7ccsc76)c5s4)n3)cc2)=CC=I1. The summed E-state index contributed by atoms with van der Waals surface area (Å²) < 4.78 is 7.18. The van der Waals surface area contributed by atoms with Crippen LogP contribution < -0.4 is 0 Å². The number of thiophene rings is 2. The molecule has 46 heavy (non-hydrogen) atoms. The molecule has 4 aromatic heterocycles. The number of rotatable bonds is 5. The molecule has 4 aromatic carbocycles. The predicted molar refractivity (Wildman–Crippen MR) is 205 cm³/mol. The lowest BCUT2D eigenvalue weighted by molar-refractivity contribution is 1.08. The summed E-state index contributed by atoms with van der Waals surface area (Å²) in [6.07, 6.45) is 8.09. The first-order chi connectivity index (χ1) is 22.8. The minimum Gasteiger partial charge on any atom is -0.265 e. The van der Waals surface area contributed by atoms with Gasteiger partial charge in [0.25, 0.3) is 0 Å². The van der Waals surface area contributed by atoms with Gasteiger partial charge in [0.05, 0.1) is 4.88 Å². The molecule has 0 saturated heterocycles. The molecule has 7 heteroatoms. The van der Waals surface area contributed by atoms with Crippen molar-refractivity contribution in [3.8, 4) is 44.6 Å². The van der Waals surface area contributed by atoms with Crippen molar-refractivity contribution in [1.82, 2.24) is 19.9 Å². The average Bonchev–Trinajstić information content (AvgIpc) is 3.80. The monoisotopic (exact) mass is 738 g/mol. The summed E-state index contributed by atoms with van der Waals surface area (Å²) in [7, 11) is 0. The summed E-state index contributed by atoms with van der Waals surface area (Å²) in [5.74, 6) is 2.01. The fourth-order valence-corrected chi connectivity index (χ4v) is 9.33. The number of allylic oxidation sites excluding steroid dienone is 3. The molecule has 1 aliphatic heterocycles. The van der Waals surface area contributed by atoms with Gasteiger partial charge in [-0.3, -0.25) is 4.98 Å². The lowest BCUT2D eigenvalue weighted by Crippen LogP contribution is -1.99. The van der Waals surface area contributed by atoms with Gasteiger partial charge in [-0.15, -0.1) is 22.7 Å². The highest BCUT2D eigenvalue weighted by Crippen LogP contribution is 2.40. The number of nitrogens with zero attached hydrogens (tertiary/aromatic N) is 4. The topological polar surface area (TPSA) is 51.6 Å². The van der Waals surface area contributed by atoms with Crippen LogP contribution in [0.5, 0.6) is 0 Å². The van der Waals surface area contributed by atoms with Crippen LogP contribution in [-0.4, -0.2) is 23.9 Å². The van der Waals surface area contributed by atoms with E-state index < -0.39 is 0 Å². The molecular formula is C39H23IN4S2. The highest BCUT2D eigenvalue weighted by atomic mass is 127. The molecule has 0 bridgehead atoms. The molecule has 5 heterocycles. The minimum atomic E-state index is 0.0494. The predicted octanol–water partition coefficient (Wildman–Crippen LogP) is 11.2. The lowest BCUT2D eigenvalue weighted by Gasteiger charge is -2.09. The number of aromatic nitrogens is 4. The van der Waals surface area contributed by atoms with Gasteiger partial charge in [-0.25, -0.2) is 15.0 Å². The standard InChI is InChI=1S/C39H23IN4S2/c1-5-29(6-2-24(1)26-13-18-40-19-14-26)37-42-38(30-7-3-25(4-8-30)27-15-20-41-21-16-27)44-39(43-37)34-23-31-10-12-32-33(36(31)46-34)11-9-28-17-22-45-35(28)32/h1-23H. The van der Waals surface area contributed by atoms with E-state index in [0.717, 1.165) is 27.1 Å². The quantitative estimate of drug-likeness (QED) is 0.165. The van der Waals surface area contributed by atoms with Gasteiger partial charge in [-0.1, -0.05) is 93.5 Å². The first-order valence-electron chi connectivity index (χ1n) is 14.8. The zero-order valence-corrected chi connectivity index (χ0v) is 28.1. The number of halogens is 1. The molecule has 0 saturated carbocycles. The van der Waals surface area contributed by atoms with Crippen molar-refractivity contribution >= 4 is 83.9 Å². The molecular weight excluding hydrogens is 715 g/mol. The van der Waals surface area contributed by atoms with Gasteiger partial charge >= 0.3 is 0 Å². The molecule has 9 rings (SSSR count). The van der Waals surface area contributed by atoms with Crippen LogP contribution >= 0.6 is 43.4 Å². The van der Waals surface area contributed by atoms with Crippen LogP contribution in [0.2, 0.25) is 0 Å². The van der Waals surface area contributed by atoms with E-state index >= 15 is 0 Å². The zero-order chi connectivity index (χ0) is 30.5. The molecule has 0 aliphatic carbocycles. The number of pyridine rings is 1. The van der Waals surface area contributed by atoms with Crippen molar-refractivity contribution in [3.63, 3.8) is 0 Å². The Bertz CT molecular complexity index is 2510. The summed E-state index contributed by atoms with van der Waals surface area (Å²) >= 11 is 3.60. The van der Waals surface area contributed by atoms with Crippen molar-refractivity contribution in [2.24, 2.45) is 0 Å². The van der Waals surface area contributed by atoms with Crippen LogP contribution in [0.15, 0.2) is 131 Å². The Morgan fingerprint density at radius 2 is 1.17 bits per heavy atom. The third-order valence-electron chi connectivity index (χ3n) is 8.21. The van der Waals surface area contributed by atoms with Gasteiger partial charge in [0.2, 0.25) is 0 Å². The highest BCUT2D eigenvalue weighted by molar-refractivity contribution is 14.2. The lowest BCUT2D eigenvalue weighted by atomic mass is 10.0. The second kappa shape index (κ2) is 11.6. The summed E-state index contributed by atoms with van der Waals surface area (Å²) in [6, 6.07) is 34.4. The maximum Gasteiger partial charge on any atom is 0.174 e. The summed E-state index contributed by atoms with van der Waals surface area (Å²) in [6.45, 7) is 0. The normalized spacial score (nSPS) is 12.9. The number of hydrogen-bond acceptors (Lipinski definition) is 6. The maximum absolute atomic E-state index is 5.08. The van der Waals surface area contributed by atoms with E-state index in [2.05, 4.69) is 116 Å². The largest absolute Gasteiger partial charge is 0.265 e. The fraction of sp³-hybridized carbons (Fsp3) is 0. The Morgan fingerprint density at radius 3 is 1.89 bits per heavy atom. The van der Waals surface area contributed by atoms with Crippen LogP contribution in [0.4, 0.5) is 0 Å². The van der Waals surface area contributed by atoms with Crippen LogP contribution in [0.1, 0.15) is 5.56 Å². The van der Waals surface area contributed by atoms with Crippen LogP contribution in [-0.2, 0) is 0 Å². The number of hydrogen-bond donors (Lipinski definition) is 0. The van der Waals surface area contributed by atoms with E-state index in [4.69, 9.17) is 15.0 Å². The molecule has 4 nitrogen and oxygen atoms in total. The zero-order valence-electron chi connectivity index (χ0n) is 24.3. The Hall–Kier alpha value is -4.70. The molecule has 0 spiro atoms. The number of benzene rings is 4. The van der Waals surface area contributed by atoms with E-state index in [-0.39, 0.29) is 20.7 Å². The molecule has 0 N–H and O–H groups in total. The first-order valence-corrected chi connectivity index (χ1v) is 19.0. The number of fused-ring (bicyclic) bond motifs is 5. The minimum absolute atomic E-state index is 0.0494. The van der Waals surface area contributed by atoms with Gasteiger partial charge in [-0.2, -0.15) is 0 Å². The van der Waals surface area contributed by atoms with Crippen LogP contribution in [0, 0.1) is 0 Å². The van der Waals surface area contributed by atoms with Gasteiger partial charge < -0.3 is 0 Å². The highest BCUT2D eigenvalue weighted by Gasteiger charge is 2.16. The van der Waals surface area contributed by atoms with E-state index in [1.165, 1.54) is 42.1 Å². The average molecular weight is 739 g/mol. The molecule has 0 fully saturated rings.